The number of nitrogens with zero attached hydrogens (tertiary/aromatic N) is 1. The molecule has 1 heterocycles. The average Bonchev–Trinajstić information content (AvgIpc) is 3.30. The first-order valence-electron chi connectivity index (χ1n) is 18.8. The van der Waals surface area contributed by atoms with E-state index in [1.165, 1.54) is 6.92 Å². The third kappa shape index (κ3) is 7.52. The molecule has 5 rings (SSSR count). The molecule has 0 bridgehead atoms. The fraction of sp³-hybridized carbons (Fsp3) is 0.744. The molecule has 0 aromatic rings. The van der Waals surface area contributed by atoms with Crippen molar-refractivity contribution in [3.8, 4) is 0 Å². The van der Waals surface area contributed by atoms with E-state index in [1.807, 2.05) is 6.08 Å². The van der Waals surface area contributed by atoms with E-state index in [2.05, 4.69) is 4.99 Å². The summed E-state index contributed by atoms with van der Waals surface area (Å²) in [5.74, 6) is -5.13. The summed E-state index contributed by atoms with van der Waals surface area (Å²) in [7, 11) is 0. The predicted octanol–water partition coefficient (Wildman–Crippen LogP) is 2.26. The van der Waals surface area contributed by atoms with E-state index < -0.39 is 107 Å². The third-order valence-electron chi connectivity index (χ3n) is 12.6. The Hall–Kier alpha value is -3.57. The van der Waals surface area contributed by atoms with Gasteiger partial charge >= 0.3 is 23.9 Å². The van der Waals surface area contributed by atoms with Crippen LogP contribution in [0.5, 0.6) is 0 Å². The maximum atomic E-state index is 17.7. The van der Waals surface area contributed by atoms with Crippen LogP contribution in [0.15, 0.2) is 28.8 Å². The SMILES string of the molecule is CC(=O)OC[C@H]1O[C@H](OCCC/N=C2\C=C[C@@]3(C)C(=C2)CC[C@H]2[C@@H]4C[C@@H](C)[C@](O)(C(=O)CO)[C@@]4(C)C[C@H](O)[C@@]23F)[C@@H](OC(C)=O)[C@@H](OC(C)=O)[C@@H]1OC(C)=O. The van der Waals surface area contributed by atoms with E-state index in [0.717, 1.165) is 26.3 Å². The van der Waals surface area contributed by atoms with Gasteiger partial charge in [0.1, 0.15) is 24.9 Å². The number of allylic oxidation sites excluding steroid dienone is 4. The number of alkyl halides is 1. The number of ketones is 1. The number of carbonyl (C=O) groups excluding carboxylic acids is 5. The van der Waals surface area contributed by atoms with E-state index in [4.69, 9.17) is 28.4 Å². The first-order valence-corrected chi connectivity index (χ1v) is 18.8. The quantitative estimate of drug-likeness (QED) is 0.147. The Bertz CT molecular complexity index is 1630. The number of ether oxygens (including phenoxy) is 6. The van der Waals surface area contributed by atoms with Gasteiger partial charge in [0.15, 0.2) is 36.1 Å². The van der Waals surface area contributed by atoms with E-state index in [0.29, 0.717) is 31.4 Å². The highest BCUT2D eigenvalue weighted by Crippen LogP contribution is 2.70. The van der Waals surface area contributed by atoms with Crippen LogP contribution in [0.4, 0.5) is 4.39 Å². The Balaban J connectivity index is 1.28. The molecule has 3 N–H and O–H groups in total. The highest BCUT2D eigenvalue weighted by Gasteiger charge is 2.75. The fourth-order valence-corrected chi connectivity index (χ4v) is 10.2. The number of halogens is 1. The van der Waals surface area contributed by atoms with E-state index >= 15 is 4.39 Å². The Morgan fingerprint density at radius 1 is 0.964 bits per heavy atom. The molecule has 4 aliphatic carbocycles. The lowest BCUT2D eigenvalue weighted by molar-refractivity contribution is -0.308. The van der Waals surface area contributed by atoms with Gasteiger partial charge in [0, 0.05) is 51.0 Å². The highest BCUT2D eigenvalue weighted by molar-refractivity contribution is 6.06. The van der Waals surface area contributed by atoms with Gasteiger partial charge in [-0.3, -0.25) is 29.0 Å². The average molecular weight is 780 g/mol. The zero-order valence-corrected chi connectivity index (χ0v) is 32.4. The third-order valence-corrected chi connectivity index (χ3v) is 12.6. The second-order valence-corrected chi connectivity index (χ2v) is 15.9. The number of hydrogen-bond donors (Lipinski definition) is 3. The van der Waals surface area contributed by atoms with Crippen molar-refractivity contribution in [2.24, 2.45) is 33.6 Å². The van der Waals surface area contributed by atoms with Gasteiger partial charge < -0.3 is 43.7 Å². The normalized spacial score (nSPS) is 41.3. The van der Waals surface area contributed by atoms with Crippen LogP contribution in [0.1, 0.15) is 80.6 Å². The summed E-state index contributed by atoms with van der Waals surface area (Å²) in [5.41, 5.74) is -4.85. The van der Waals surface area contributed by atoms with Crippen molar-refractivity contribution < 1.29 is 72.1 Å². The van der Waals surface area contributed by atoms with E-state index in [9.17, 15) is 39.3 Å². The monoisotopic (exact) mass is 779 g/mol. The molecular weight excluding hydrogens is 725 g/mol. The molecule has 0 spiro atoms. The van der Waals surface area contributed by atoms with Crippen LogP contribution < -0.4 is 0 Å². The van der Waals surface area contributed by atoms with Crippen molar-refractivity contribution >= 4 is 35.4 Å². The zero-order chi connectivity index (χ0) is 40.7. The Morgan fingerprint density at radius 3 is 2.22 bits per heavy atom. The summed E-state index contributed by atoms with van der Waals surface area (Å²) in [6.07, 6.45) is -1.11. The lowest BCUT2D eigenvalue weighted by Gasteiger charge is -2.62. The second kappa shape index (κ2) is 16.1. The fourth-order valence-electron chi connectivity index (χ4n) is 10.2. The molecule has 0 amide bonds. The molecule has 5 aliphatic rings. The van der Waals surface area contributed by atoms with Gasteiger partial charge in [-0.1, -0.05) is 25.5 Å². The number of aliphatic hydroxyl groups excluding tert-OH is 2. The number of carbonyl (C=O) groups is 5. The summed E-state index contributed by atoms with van der Waals surface area (Å²) in [5, 5.41) is 33.0. The summed E-state index contributed by atoms with van der Waals surface area (Å²) in [6.45, 7) is 8.91. The molecule has 15 nitrogen and oxygen atoms in total. The number of hydrogen-bond acceptors (Lipinski definition) is 15. The number of rotatable bonds is 12. The number of aliphatic hydroxyl groups is 3. The van der Waals surface area contributed by atoms with Crippen LogP contribution in [-0.2, 0) is 52.4 Å². The van der Waals surface area contributed by atoms with Crippen LogP contribution in [0.25, 0.3) is 0 Å². The summed E-state index contributed by atoms with van der Waals surface area (Å²) >= 11 is 0. The van der Waals surface area contributed by atoms with E-state index in [1.54, 1.807) is 32.9 Å². The van der Waals surface area contributed by atoms with Gasteiger partial charge in [-0.15, -0.1) is 0 Å². The summed E-state index contributed by atoms with van der Waals surface area (Å²) < 4.78 is 51.0. The minimum absolute atomic E-state index is 0.0215. The predicted molar refractivity (Wildman–Crippen MR) is 190 cm³/mol. The van der Waals surface area contributed by atoms with Gasteiger partial charge in [-0.2, -0.15) is 0 Å². The topological polar surface area (TPSA) is 214 Å². The highest BCUT2D eigenvalue weighted by atomic mass is 19.1. The molecule has 0 radical (unpaired) electrons. The van der Waals surface area contributed by atoms with Crippen molar-refractivity contribution in [1.29, 1.82) is 0 Å². The molecule has 16 heteroatoms. The van der Waals surface area contributed by atoms with Crippen LogP contribution in [-0.4, -0.2) is 125 Å². The minimum atomic E-state index is -2.07. The molecule has 55 heavy (non-hydrogen) atoms. The molecule has 0 unspecified atom stereocenters. The second-order valence-electron chi connectivity index (χ2n) is 15.9. The molecule has 0 aromatic heterocycles. The maximum absolute atomic E-state index is 17.7. The van der Waals surface area contributed by atoms with Crippen molar-refractivity contribution in [3.63, 3.8) is 0 Å². The molecule has 1 saturated heterocycles. The number of esters is 4. The standard InChI is InChI=1S/C39H54FNO14/c1-20-15-28-27-10-9-25-16-26(11-12-36(25,6)38(27,40)30(47)17-37(28,7)39(20,49)31(48)18-42)41-13-8-14-50-35-34(54-24(5)46)33(53-23(4)45)32(52-22(3)44)29(55-35)19-51-21(2)43/h11-12,16,20,27-30,32-35,42,47,49H,8-10,13-15,17-19H2,1-7H3/b41-26+/t20-,27+,28+,29-,30+,32-,33+,34+,35+,36+,37+,38+,39+/m1/s1. The number of fused-ring (bicyclic) bond motifs is 5. The Labute approximate surface area is 319 Å². The maximum Gasteiger partial charge on any atom is 0.303 e. The molecule has 13 atom stereocenters. The molecule has 1 aliphatic heterocycles. The molecular formula is C39H54FNO14. The van der Waals surface area contributed by atoms with Crippen molar-refractivity contribution in [3.05, 3.63) is 23.8 Å². The van der Waals surface area contributed by atoms with Crippen LogP contribution >= 0.6 is 0 Å². The lowest BCUT2D eigenvalue weighted by Crippen LogP contribution is -2.69. The molecule has 306 valence electrons. The van der Waals surface area contributed by atoms with Crippen molar-refractivity contribution in [2.45, 2.75) is 129 Å². The molecule has 4 fully saturated rings. The summed E-state index contributed by atoms with van der Waals surface area (Å²) in [4.78, 5) is 65.3. The van der Waals surface area contributed by atoms with Gasteiger partial charge in [0.25, 0.3) is 0 Å². The van der Waals surface area contributed by atoms with Crippen molar-refractivity contribution in [1.82, 2.24) is 0 Å². The van der Waals surface area contributed by atoms with Crippen LogP contribution in [0.2, 0.25) is 0 Å². The van der Waals surface area contributed by atoms with Crippen LogP contribution in [0.3, 0.4) is 0 Å². The zero-order valence-electron chi connectivity index (χ0n) is 32.4. The van der Waals surface area contributed by atoms with Crippen molar-refractivity contribution in [2.75, 3.05) is 26.4 Å². The number of aliphatic imine (C=N–C) groups is 1. The van der Waals surface area contributed by atoms with Gasteiger partial charge in [0.2, 0.25) is 0 Å². The van der Waals surface area contributed by atoms with Gasteiger partial charge in [-0.25, -0.2) is 4.39 Å². The first-order chi connectivity index (χ1) is 25.7. The number of Topliss-reactive ketones (excluding diaryl/α,β-unsaturated/α-hetero) is 1. The minimum Gasteiger partial charge on any atom is -0.463 e. The Morgan fingerprint density at radius 2 is 1.60 bits per heavy atom. The molecule has 0 aromatic carbocycles. The largest absolute Gasteiger partial charge is 0.463 e. The van der Waals surface area contributed by atoms with E-state index in [-0.39, 0.29) is 32.1 Å². The Kier molecular flexibility index (Phi) is 12.5. The lowest BCUT2D eigenvalue weighted by atomic mass is 9.44. The summed E-state index contributed by atoms with van der Waals surface area (Å²) in [6, 6.07) is 0. The molecule has 3 saturated carbocycles. The first kappa shape index (κ1) is 42.6. The van der Waals surface area contributed by atoms with Gasteiger partial charge in [-0.05, 0) is 63.0 Å². The van der Waals surface area contributed by atoms with Gasteiger partial charge in [0.05, 0.1) is 18.4 Å². The smallest absolute Gasteiger partial charge is 0.303 e. The van der Waals surface area contributed by atoms with Crippen LogP contribution in [0, 0.1) is 28.6 Å².